The molecule has 2 heterocycles. The van der Waals surface area contributed by atoms with Crippen LogP contribution in [-0.2, 0) is 15.0 Å². The van der Waals surface area contributed by atoms with E-state index in [1.165, 1.54) is 0 Å². The molecule has 0 saturated carbocycles. The average molecular weight is 295 g/mol. The minimum Gasteiger partial charge on any atom is -0.465 e. The van der Waals surface area contributed by atoms with Gasteiger partial charge in [-0.15, -0.1) is 0 Å². The monoisotopic (exact) mass is 295 g/mol. The van der Waals surface area contributed by atoms with E-state index in [-0.39, 0.29) is 0 Å². The fourth-order valence-electron chi connectivity index (χ4n) is 2.06. The highest BCUT2D eigenvalue weighted by Gasteiger charge is 2.52. The van der Waals surface area contributed by atoms with Crippen LogP contribution in [0.15, 0.2) is 12.4 Å². The average Bonchev–Trinajstić information content (AvgIpc) is 2.81. The van der Waals surface area contributed by atoms with E-state index in [9.17, 15) is 4.79 Å². The molecule has 1 amide bonds. The van der Waals surface area contributed by atoms with Crippen LogP contribution in [-0.4, -0.2) is 39.3 Å². The summed E-state index contributed by atoms with van der Waals surface area (Å²) in [5, 5.41) is 15.5. The second-order valence-corrected chi connectivity index (χ2v) is 6.80. The Morgan fingerprint density at radius 1 is 1.33 bits per heavy atom. The molecule has 1 aliphatic rings. The van der Waals surface area contributed by atoms with Crippen molar-refractivity contribution in [2.75, 3.05) is 0 Å². The first-order valence-electron chi connectivity index (χ1n) is 6.86. The molecule has 0 aliphatic carbocycles. The molecule has 0 unspecified atom stereocenters. The molecule has 2 N–H and O–H groups in total. The molecule has 1 saturated heterocycles. The minimum atomic E-state index is -1.10. The molecule has 0 radical (unpaired) electrons. The number of rotatable bonds is 3. The van der Waals surface area contributed by atoms with Crippen molar-refractivity contribution in [3.63, 3.8) is 0 Å². The van der Waals surface area contributed by atoms with Gasteiger partial charge in [0.1, 0.15) is 5.66 Å². The quantitative estimate of drug-likeness (QED) is 0.817. The van der Waals surface area contributed by atoms with Gasteiger partial charge in [0, 0.05) is 17.9 Å². The summed E-state index contributed by atoms with van der Waals surface area (Å²) in [5.74, 6) is 0. The topological polar surface area (TPSA) is 85.6 Å². The van der Waals surface area contributed by atoms with Gasteiger partial charge < -0.3 is 14.4 Å². The Kier molecular flexibility index (Phi) is 3.58. The highest BCUT2D eigenvalue weighted by atomic mass is 16.7. The Balaban J connectivity index is 2.20. The first-order chi connectivity index (χ1) is 9.45. The van der Waals surface area contributed by atoms with Crippen LogP contribution in [0.1, 0.15) is 41.5 Å². The summed E-state index contributed by atoms with van der Waals surface area (Å²) in [6, 6.07) is 0. The molecule has 1 fully saturated rings. The Hall–Kier alpha value is -1.54. The lowest BCUT2D eigenvalue weighted by molar-refractivity contribution is 0.00578. The summed E-state index contributed by atoms with van der Waals surface area (Å²) in [6.45, 7) is 11.4. The predicted octanol–water partition coefficient (Wildman–Crippen LogP) is 1.14. The predicted molar refractivity (Wildman–Crippen MR) is 78.4 cm³/mol. The normalized spacial score (nSPS) is 20.6. The molecule has 116 valence electrons. The van der Waals surface area contributed by atoms with Crippen LogP contribution in [0.25, 0.3) is 0 Å². The molecule has 0 atom stereocenters. The number of carbonyl (C=O) groups is 1. The second kappa shape index (κ2) is 4.74. The number of aromatic nitrogens is 2. The van der Waals surface area contributed by atoms with Gasteiger partial charge in [-0.05, 0) is 41.5 Å². The largest absolute Gasteiger partial charge is 0.498 e. The van der Waals surface area contributed by atoms with Gasteiger partial charge in [0.2, 0.25) is 0 Å². The zero-order valence-electron chi connectivity index (χ0n) is 13.3. The summed E-state index contributed by atoms with van der Waals surface area (Å²) >= 11 is 0. The minimum absolute atomic E-state index is 0.422. The van der Waals surface area contributed by atoms with E-state index < -0.39 is 30.1 Å². The molecule has 1 aliphatic heterocycles. The summed E-state index contributed by atoms with van der Waals surface area (Å²) < 4.78 is 13.4. The number of nitrogens with one attached hydrogen (secondary N) is 1. The molecule has 21 heavy (non-hydrogen) atoms. The standard InChI is InChI=1S/C13H22BN3O4/c1-11(2)12(3,4)21-14(20-11)9-7-15-17(8-9)13(5,6)16-10(18)19/h7-8,16H,1-6H3,(H,18,19). The van der Waals surface area contributed by atoms with Gasteiger partial charge in [0.15, 0.2) is 0 Å². The first-order valence-corrected chi connectivity index (χ1v) is 6.86. The van der Waals surface area contributed by atoms with Gasteiger partial charge in [-0.25, -0.2) is 9.48 Å². The molecule has 1 aromatic heterocycles. The van der Waals surface area contributed by atoms with E-state index in [0.29, 0.717) is 0 Å². The van der Waals surface area contributed by atoms with E-state index in [1.807, 2.05) is 27.7 Å². The van der Waals surface area contributed by atoms with Crippen LogP contribution in [0, 0.1) is 0 Å². The van der Waals surface area contributed by atoms with E-state index in [4.69, 9.17) is 14.4 Å². The van der Waals surface area contributed by atoms with Gasteiger partial charge in [-0.1, -0.05) is 0 Å². The van der Waals surface area contributed by atoms with E-state index >= 15 is 0 Å². The van der Waals surface area contributed by atoms with Crippen LogP contribution < -0.4 is 10.8 Å². The SMILES string of the molecule is CC(C)(NC(=O)O)n1cc(B2OC(C)(C)C(C)(C)O2)cn1. The summed E-state index contributed by atoms with van der Waals surface area (Å²) in [5.41, 5.74) is -0.939. The van der Waals surface area contributed by atoms with E-state index in [0.717, 1.165) is 5.46 Å². The highest BCUT2D eigenvalue weighted by molar-refractivity contribution is 6.62. The van der Waals surface area contributed by atoms with E-state index in [2.05, 4.69) is 10.4 Å². The second-order valence-electron chi connectivity index (χ2n) is 6.80. The van der Waals surface area contributed by atoms with Crippen LogP contribution in [0.3, 0.4) is 0 Å². The Morgan fingerprint density at radius 3 is 2.33 bits per heavy atom. The fraction of sp³-hybridized carbons (Fsp3) is 0.692. The van der Waals surface area contributed by atoms with Crippen LogP contribution >= 0.6 is 0 Å². The maximum absolute atomic E-state index is 10.8. The fourth-order valence-corrected chi connectivity index (χ4v) is 2.06. The molecule has 0 aromatic carbocycles. The van der Waals surface area contributed by atoms with Gasteiger partial charge in [0.05, 0.1) is 11.2 Å². The number of hydrogen-bond donors (Lipinski definition) is 2. The van der Waals surface area contributed by atoms with Crippen LogP contribution in [0.5, 0.6) is 0 Å². The lowest BCUT2D eigenvalue weighted by atomic mass is 9.82. The molecule has 8 heteroatoms. The molecular formula is C13H22BN3O4. The van der Waals surface area contributed by atoms with Crippen molar-refractivity contribution in [1.29, 1.82) is 0 Å². The Labute approximate surface area is 124 Å². The molecule has 0 bridgehead atoms. The van der Waals surface area contributed by atoms with Crippen LogP contribution in [0.4, 0.5) is 4.79 Å². The van der Waals surface area contributed by atoms with Crippen molar-refractivity contribution in [2.45, 2.75) is 58.4 Å². The number of carboxylic acid groups (broad SMARTS) is 1. The van der Waals surface area contributed by atoms with Gasteiger partial charge >= 0.3 is 13.2 Å². The highest BCUT2D eigenvalue weighted by Crippen LogP contribution is 2.36. The third-order valence-electron chi connectivity index (χ3n) is 4.11. The van der Waals surface area contributed by atoms with Gasteiger partial charge in [-0.3, -0.25) is 5.32 Å². The Bertz CT molecular complexity index is 537. The molecule has 7 nitrogen and oxygen atoms in total. The molecule has 2 rings (SSSR count). The zero-order valence-corrected chi connectivity index (χ0v) is 13.3. The van der Waals surface area contributed by atoms with Crippen molar-refractivity contribution in [3.05, 3.63) is 12.4 Å². The van der Waals surface area contributed by atoms with Crippen molar-refractivity contribution in [3.8, 4) is 0 Å². The lowest BCUT2D eigenvalue weighted by Crippen LogP contribution is -2.45. The van der Waals surface area contributed by atoms with Crippen molar-refractivity contribution < 1.29 is 19.2 Å². The molecule has 1 aromatic rings. The van der Waals surface area contributed by atoms with Gasteiger partial charge in [0.25, 0.3) is 0 Å². The number of amides is 1. The maximum Gasteiger partial charge on any atom is 0.498 e. The van der Waals surface area contributed by atoms with Gasteiger partial charge in [-0.2, -0.15) is 5.10 Å². The third kappa shape index (κ3) is 2.91. The summed E-state index contributed by atoms with van der Waals surface area (Å²) in [6.07, 6.45) is 2.26. The van der Waals surface area contributed by atoms with Crippen molar-refractivity contribution >= 4 is 18.7 Å². The van der Waals surface area contributed by atoms with E-state index in [1.54, 1.807) is 30.9 Å². The summed E-state index contributed by atoms with van der Waals surface area (Å²) in [4.78, 5) is 10.8. The first kappa shape index (κ1) is 15.8. The zero-order chi connectivity index (χ0) is 16.1. The molecular weight excluding hydrogens is 273 g/mol. The number of hydrogen-bond acceptors (Lipinski definition) is 4. The van der Waals surface area contributed by atoms with Crippen LogP contribution in [0.2, 0.25) is 0 Å². The van der Waals surface area contributed by atoms with Crippen molar-refractivity contribution in [1.82, 2.24) is 15.1 Å². The maximum atomic E-state index is 10.8. The number of nitrogens with zero attached hydrogens (tertiary/aromatic N) is 2. The van der Waals surface area contributed by atoms with Crippen molar-refractivity contribution in [2.24, 2.45) is 0 Å². The smallest absolute Gasteiger partial charge is 0.465 e. The summed E-state index contributed by atoms with van der Waals surface area (Å²) in [7, 11) is -0.510. The third-order valence-corrected chi connectivity index (χ3v) is 4.11. The molecule has 0 spiro atoms. The Morgan fingerprint density at radius 2 is 1.86 bits per heavy atom. The lowest BCUT2D eigenvalue weighted by Gasteiger charge is -2.32.